The first-order valence-electron chi connectivity index (χ1n) is 12.4. The highest BCUT2D eigenvalue weighted by atomic mass is 32.1. The Morgan fingerprint density at radius 1 is 0.971 bits per heavy atom. The fourth-order valence-corrected chi connectivity index (χ4v) is 6.06. The van der Waals surface area contributed by atoms with Crippen LogP contribution in [0.3, 0.4) is 0 Å². The van der Waals surface area contributed by atoms with Crippen LogP contribution in [0, 0.1) is 0 Å². The summed E-state index contributed by atoms with van der Waals surface area (Å²) >= 11 is 1.45. The van der Waals surface area contributed by atoms with Crippen molar-refractivity contribution in [2.45, 2.75) is 44.1 Å². The van der Waals surface area contributed by atoms with Gasteiger partial charge in [-0.15, -0.1) is 11.3 Å². The predicted molar refractivity (Wildman–Crippen MR) is 131 cm³/mol. The SMILES string of the molecule is O=C(c1ccc2nc(C3CCCCC3)[nH]c2c1)N1CCN(C2CN(C(=O)c3cscn3)C2)CC1. The van der Waals surface area contributed by atoms with E-state index in [4.69, 9.17) is 4.98 Å². The summed E-state index contributed by atoms with van der Waals surface area (Å²) in [5.41, 5.74) is 4.87. The van der Waals surface area contributed by atoms with Crippen LogP contribution in [0.1, 0.15) is 64.7 Å². The predicted octanol–water partition coefficient (Wildman–Crippen LogP) is 3.35. The smallest absolute Gasteiger partial charge is 0.273 e. The summed E-state index contributed by atoms with van der Waals surface area (Å²) < 4.78 is 0. The second-order valence-corrected chi connectivity index (χ2v) is 10.5. The number of imidazole rings is 1. The molecular weight excluding hydrogens is 448 g/mol. The van der Waals surface area contributed by atoms with Crippen molar-refractivity contribution in [2.24, 2.45) is 0 Å². The lowest BCUT2D eigenvalue weighted by Gasteiger charge is -2.47. The molecule has 1 N–H and O–H groups in total. The van der Waals surface area contributed by atoms with E-state index in [-0.39, 0.29) is 11.8 Å². The maximum absolute atomic E-state index is 13.2. The van der Waals surface area contributed by atoms with Crippen molar-refractivity contribution in [3.63, 3.8) is 0 Å². The van der Waals surface area contributed by atoms with Crippen LogP contribution in [-0.2, 0) is 0 Å². The minimum atomic E-state index is 0.0205. The number of carbonyl (C=O) groups excluding carboxylic acids is 2. The zero-order valence-electron chi connectivity index (χ0n) is 19.3. The van der Waals surface area contributed by atoms with Crippen LogP contribution in [0.15, 0.2) is 29.1 Å². The second-order valence-electron chi connectivity index (χ2n) is 9.75. The molecule has 2 amide bonds. The van der Waals surface area contributed by atoms with Crippen molar-refractivity contribution in [1.82, 2.24) is 29.7 Å². The van der Waals surface area contributed by atoms with Crippen molar-refractivity contribution in [1.29, 1.82) is 0 Å². The monoisotopic (exact) mass is 478 g/mol. The Morgan fingerprint density at radius 2 is 1.76 bits per heavy atom. The Hall–Kier alpha value is -2.78. The van der Waals surface area contributed by atoms with Gasteiger partial charge >= 0.3 is 0 Å². The summed E-state index contributed by atoms with van der Waals surface area (Å²) in [5, 5.41) is 1.80. The molecule has 0 radical (unpaired) electrons. The Kier molecular flexibility index (Phi) is 5.82. The first-order chi connectivity index (χ1) is 16.7. The van der Waals surface area contributed by atoms with Gasteiger partial charge in [-0.1, -0.05) is 19.3 Å². The van der Waals surface area contributed by atoms with Crippen molar-refractivity contribution in [3.8, 4) is 0 Å². The minimum absolute atomic E-state index is 0.0205. The van der Waals surface area contributed by atoms with Gasteiger partial charge in [0.1, 0.15) is 11.5 Å². The summed E-state index contributed by atoms with van der Waals surface area (Å²) in [6, 6.07) is 6.23. The number of thiazole rings is 1. The summed E-state index contributed by atoms with van der Waals surface area (Å²) in [6.45, 7) is 4.59. The number of carbonyl (C=O) groups is 2. The van der Waals surface area contributed by atoms with Gasteiger partial charge in [-0.25, -0.2) is 9.97 Å². The van der Waals surface area contributed by atoms with Crippen molar-refractivity contribution in [2.75, 3.05) is 39.3 Å². The van der Waals surface area contributed by atoms with Crippen LogP contribution in [0.4, 0.5) is 0 Å². The quantitative estimate of drug-likeness (QED) is 0.622. The highest BCUT2D eigenvalue weighted by Gasteiger charge is 2.37. The van der Waals surface area contributed by atoms with Gasteiger partial charge in [0.15, 0.2) is 0 Å². The largest absolute Gasteiger partial charge is 0.342 e. The molecule has 0 atom stereocenters. The molecular formula is C25H30N6O2S. The number of rotatable bonds is 4. The van der Waals surface area contributed by atoms with E-state index < -0.39 is 0 Å². The normalized spacial score (nSPS) is 20.6. The zero-order valence-corrected chi connectivity index (χ0v) is 20.1. The van der Waals surface area contributed by atoms with Gasteiger partial charge < -0.3 is 14.8 Å². The Morgan fingerprint density at radius 3 is 2.50 bits per heavy atom. The molecule has 0 spiro atoms. The lowest BCUT2D eigenvalue weighted by molar-refractivity contribution is 0.00827. The van der Waals surface area contributed by atoms with E-state index in [9.17, 15) is 9.59 Å². The zero-order chi connectivity index (χ0) is 23.1. The number of aromatic nitrogens is 3. The Balaban J connectivity index is 1.04. The fourth-order valence-electron chi connectivity index (χ4n) is 5.54. The van der Waals surface area contributed by atoms with Crippen LogP contribution in [0.25, 0.3) is 11.0 Å². The molecule has 3 aromatic rings. The third-order valence-electron chi connectivity index (χ3n) is 7.66. The number of hydrogen-bond donors (Lipinski definition) is 1. The highest BCUT2D eigenvalue weighted by molar-refractivity contribution is 7.07. The van der Waals surface area contributed by atoms with Crippen LogP contribution in [0.5, 0.6) is 0 Å². The van der Waals surface area contributed by atoms with E-state index in [1.807, 2.05) is 28.0 Å². The van der Waals surface area contributed by atoms with E-state index in [2.05, 4.69) is 14.9 Å². The lowest BCUT2D eigenvalue weighted by Crippen LogP contribution is -2.64. The summed E-state index contributed by atoms with van der Waals surface area (Å²) in [4.78, 5) is 44.2. The topological polar surface area (TPSA) is 85.4 Å². The number of nitrogens with zero attached hydrogens (tertiary/aromatic N) is 5. The van der Waals surface area contributed by atoms with Gasteiger partial charge in [0.25, 0.3) is 11.8 Å². The number of hydrogen-bond acceptors (Lipinski definition) is 6. The third-order valence-corrected chi connectivity index (χ3v) is 8.24. The number of nitrogens with one attached hydrogen (secondary N) is 1. The van der Waals surface area contributed by atoms with Crippen molar-refractivity contribution < 1.29 is 9.59 Å². The van der Waals surface area contributed by atoms with Crippen LogP contribution in [-0.4, -0.2) is 86.8 Å². The van der Waals surface area contributed by atoms with Crippen molar-refractivity contribution >= 4 is 34.2 Å². The molecule has 1 aliphatic carbocycles. The highest BCUT2D eigenvalue weighted by Crippen LogP contribution is 2.32. The van der Waals surface area contributed by atoms with Gasteiger partial charge in [0, 0.05) is 62.2 Å². The molecule has 178 valence electrons. The molecule has 9 heteroatoms. The standard InChI is InChI=1S/C25H30N6O2S/c32-24(18-6-7-20-21(12-18)28-23(27-20)17-4-2-1-3-5-17)30-10-8-29(9-11-30)19-13-31(14-19)25(33)22-15-34-16-26-22/h6-7,12,15-17,19H,1-5,8-11,13-14H2,(H,27,28). The molecule has 0 unspecified atom stereocenters. The number of piperazine rings is 1. The summed E-state index contributed by atoms with van der Waals surface area (Å²) in [7, 11) is 0. The molecule has 3 fully saturated rings. The molecule has 2 saturated heterocycles. The van der Waals surface area contributed by atoms with Gasteiger partial charge in [-0.05, 0) is 31.0 Å². The number of amides is 2. The first-order valence-corrected chi connectivity index (χ1v) is 13.3. The van der Waals surface area contributed by atoms with Gasteiger partial charge in [0.2, 0.25) is 0 Å². The first kappa shape index (κ1) is 21.7. The Labute approximate surface area is 203 Å². The maximum Gasteiger partial charge on any atom is 0.273 e. The van der Waals surface area contributed by atoms with Gasteiger partial charge in [0.05, 0.1) is 16.5 Å². The number of H-pyrrole nitrogens is 1. The third kappa shape index (κ3) is 4.11. The van der Waals surface area contributed by atoms with E-state index in [1.165, 1.54) is 43.4 Å². The molecule has 2 aromatic heterocycles. The van der Waals surface area contributed by atoms with E-state index in [0.29, 0.717) is 30.7 Å². The average Bonchev–Trinajstić information content (AvgIpc) is 3.53. The molecule has 3 aliphatic rings. The fraction of sp³-hybridized carbons (Fsp3) is 0.520. The molecule has 34 heavy (non-hydrogen) atoms. The van der Waals surface area contributed by atoms with Crippen LogP contribution in [0.2, 0.25) is 0 Å². The lowest BCUT2D eigenvalue weighted by atomic mass is 9.89. The number of aromatic amines is 1. The average molecular weight is 479 g/mol. The summed E-state index contributed by atoms with van der Waals surface area (Å²) in [6.07, 6.45) is 6.28. The molecule has 0 bridgehead atoms. The number of benzene rings is 1. The van der Waals surface area contributed by atoms with E-state index in [1.54, 1.807) is 10.9 Å². The van der Waals surface area contributed by atoms with E-state index in [0.717, 1.165) is 48.6 Å². The molecule has 2 aliphatic heterocycles. The molecule has 1 aromatic carbocycles. The molecule has 8 nitrogen and oxygen atoms in total. The van der Waals surface area contributed by atoms with Gasteiger partial charge in [-0.3, -0.25) is 14.5 Å². The maximum atomic E-state index is 13.2. The van der Waals surface area contributed by atoms with Gasteiger partial charge in [-0.2, -0.15) is 0 Å². The molecule has 4 heterocycles. The minimum Gasteiger partial charge on any atom is -0.342 e. The number of fused-ring (bicyclic) bond motifs is 1. The van der Waals surface area contributed by atoms with Crippen LogP contribution >= 0.6 is 11.3 Å². The Bertz CT molecular complexity index is 1170. The van der Waals surface area contributed by atoms with Crippen molar-refractivity contribution in [3.05, 3.63) is 46.2 Å². The second kappa shape index (κ2) is 9.11. The summed E-state index contributed by atoms with van der Waals surface area (Å²) in [5.74, 6) is 1.71. The molecule has 6 rings (SSSR count). The van der Waals surface area contributed by atoms with E-state index >= 15 is 0 Å². The molecule has 1 saturated carbocycles. The number of likely N-dealkylation sites (tertiary alicyclic amines) is 1. The van der Waals surface area contributed by atoms with Crippen LogP contribution < -0.4 is 0 Å².